The average molecular weight is 404 g/mol. The standard InChI is InChI=1S/C24H41N3O2/c1-15(2)26-22(29)25-14-16-6-8-18-17-7-9-20-24(4,13-11-21(28)27(20)5)19(17)10-12-23(16,18)3/h15-20H,6-14H2,1-5H3,(H2,25,26,29)/t16?,17-,18-,19+,20?,23+,24+/m0/s1. The van der Waals surface area contributed by atoms with Crippen molar-refractivity contribution in [2.45, 2.75) is 91.1 Å². The van der Waals surface area contributed by atoms with Gasteiger partial charge in [0.05, 0.1) is 0 Å². The van der Waals surface area contributed by atoms with Crippen LogP contribution in [0.4, 0.5) is 4.79 Å². The topological polar surface area (TPSA) is 61.4 Å². The molecule has 3 saturated carbocycles. The molecule has 4 fully saturated rings. The molecule has 0 aromatic heterocycles. The van der Waals surface area contributed by atoms with Crippen LogP contribution in [0.5, 0.6) is 0 Å². The zero-order valence-corrected chi connectivity index (χ0v) is 19.1. The fraction of sp³-hybridized carbons (Fsp3) is 0.917. The van der Waals surface area contributed by atoms with Gasteiger partial charge in [-0.1, -0.05) is 13.8 Å². The second-order valence-corrected chi connectivity index (χ2v) is 11.3. The van der Waals surface area contributed by atoms with Crippen LogP contribution in [0.15, 0.2) is 0 Å². The van der Waals surface area contributed by atoms with Crippen LogP contribution in [-0.4, -0.2) is 42.5 Å². The molecular formula is C24H41N3O2. The quantitative estimate of drug-likeness (QED) is 0.743. The largest absolute Gasteiger partial charge is 0.342 e. The van der Waals surface area contributed by atoms with Crippen molar-refractivity contribution in [1.82, 2.24) is 15.5 Å². The van der Waals surface area contributed by atoms with Crippen molar-refractivity contribution in [3.8, 4) is 0 Å². The first kappa shape index (κ1) is 21.0. The summed E-state index contributed by atoms with van der Waals surface area (Å²) in [6.45, 7) is 9.81. The van der Waals surface area contributed by atoms with E-state index >= 15 is 0 Å². The molecule has 164 valence electrons. The SMILES string of the molecule is CC(C)NC(=O)NCC1CC[C@H]2[C@@H]3CCC4N(C)C(=O)CC[C@]4(C)[C@@H]3CC[C@]12C. The summed E-state index contributed by atoms with van der Waals surface area (Å²) in [6, 6.07) is 0.588. The first-order valence-electron chi connectivity index (χ1n) is 12.0. The van der Waals surface area contributed by atoms with Gasteiger partial charge in [0.1, 0.15) is 0 Å². The van der Waals surface area contributed by atoms with E-state index in [2.05, 4.69) is 29.4 Å². The lowest BCUT2D eigenvalue weighted by atomic mass is 9.47. The van der Waals surface area contributed by atoms with Crippen molar-refractivity contribution < 1.29 is 9.59 Å². The molecule has 4 rings (SSSR count). The molecule has 3 amide bonds. The molecule has 0 radical (unpaired) electrons. The highest BCUT2D eigenvalue weighted by Crippen LogP contribution is 2.66. The molecule has 7 atom stereocenters. The Hall–Kier alpha value is -1.26. The zero-order valence-electron chi connectivity index (χ0n) is 19.1. The number of likely N-dealkylation sites (tertiary alicyclic amines) is 1. The molecular weight excluding hydrogens is 362 g/mol. The molecule has 5 nitrogen and oxygen atoms in total. The van der Waals surface area contributed by atoms with E-state index in [9.17, 15) is 9.59 Å². The van der Waals surface area contributed by atoms with Crippen LogP contribution in [0, 0.1) is 34.5 Å². The van der Waals surface area contributed by atoms with Crippen LogP contribution in [0.25, 0.3) is 0 Å². The number of carbonyl (C=O) groups excluding carboxylic acids is 2. The molecule has 2 N–H and O–H groups in total. The van der Waals surface area contributed by atoms with Gasteiger partial charge >= 0.3 is 6.03 Å². The summed E-state index contributed by atoms with van der Waals surface area (Å²) in [6.07, 6.45) is 9.37. The molecule has 2 unspecified atom stereocenters. The molecule has 1 heterocycles. The third-order valence-electron chi connectivity index (χ3n) is 9.68. The first-order chi connectivity index (χ1) is 13.7. The number of nitrogens with zero attached hydrogens (tertiary/aromatic N) is 1. The fourth-order valence-corrected chi connectivity index (χ4v) is 8.12. The highest BCUT2D eigenvalue weighted by Gasteiger charge is 2.60. The van der Waals surface area contributed by atoms with E-state index in [1.54, 1.807) is 0 Å². The van der Waals surface area contributed by atoms with Gasteiger partial charge < -0.3 is 15.5 Å². The Morgan fingerprint density at radius 2 is 1.79 bits per heavy atom. The Morgan fingerprint density at radius 3 is 2.52 bits per heavy atom. The Bertz CT molecular complexity index is 665. The second kappa shape index (κ2) is 7.46. The summed E-state index contributed by atoms with van der Waals surface area (Å²) in [5.41, 5.74) is 0.645. The smallest absolute Gasteiger partial charge is 0.314 e. The van der Waals surface area contributed by atoms with Gasteiger partial charge in [-0.15, -0.1) is 0 Å². The van der Waals surface area contributed by atoms with Gasteiger partial charge in [-0.2, -0.15) is 0 Å². The number of urea groups is 1. The minimum Gasteiger partial charge on any atom is -0.342 e. The first-order valence-corrected chi connectivity index (χ1v) is 12.0. The van der Waals surface area contributed by atoms with E-state index in [4.69, 9.17) is 0 Å². The average Bonchev–Trinajstić information content (AvgIpc) is 2.99. The molecule has 29 heavy (non-hydrogen) atoms. The van der Waals surface area contributed by atoms with E-state index in [1.165, 1.54) is 38.5 Å². The fourth-order valence-electron chi connectivity index (χ4n) is 8.12. The van der Waals surface area contributed by atoms with E-state index in [0.29, 0.717) is 28.7 Å². The van der Waals surface area contributed by atoms with Crippen molar-refractivity contribution >= 4 is 11.9 Å². The number of piperidine rings is 1. The molecule has 4 aliphatic rings. The molecule has 0 spiro atoms. The molecule has 1 aliphatic heterocycles. The summed E-state index contributed by atoms with van der Waals surface area (Å²) in [7, 11) is 2.04. The van der Waals surface area contributed by atoms with Crippen LogP contribution in [0.3, 0.4) is 0 Å². The number of hydrogen-bond acceptors (Lipinski definition) is 2. The van der Waals surface area contributed by atoms with Crippen LogP contribution in [0.1, 0.15) is 79.1 Å². The van der Waals surface area contributed by atoms with Crippen LogP contribution in [-0.2, 0) is 4.79 Å². The van der Waals surface area contributed by atoms with Crippen molar-refractivity contribution in [1.29, 1.82) is 0 Å². The van der Waals surface area contributed by atoms with E-state index in [0.717, 1.165) is 37.1 Å². The van der Waals surface area contributed by atoms with Gasteiger partial charge in [0.15, 0.2) is 0 Å². The number of fused-ring (bicyclic) bond motifs is 5. The van der Waals surface area contributed by atoms with Crippen LogP contribution >= 0.6 is 0 Å². The highest BCUT2D eigenvalue weighted by atomic mass is 16.2. The third kappa shape index (κ3) is 3.37. The Labute approximate surface area is 176 Å². The molecule has 0 aromatic carbocycles. The maximum Gasteiger partial charge on any atom is 0.314 e. The summed E-state index contributed by atoms with van der Waals surface area (Å²) in [4.78, 5) is 26.5. The zero-order chi connectivity index (χ0) is 21.0. The van der Waals surface area contributed by atoms with Crippen LogP contribution < -0.4 is 10.6 Å². The number of rotatable bonds is 3. The number of hydrogen-bond donors (Lipinski definition) is 2. The van der Waals surface area contributed by atoms with Crippen LogP contribution in [0.2, 0.25) is 0 Å². The maximum atomic E-state index is 12.3. The molecule has 0 bridgehead atoms. The van der Waals surface area contributed by atoms with Gasteiger partial charge in [0.25, 0.3) is 0 Å². The van der Waals surface area contributed by atoms with Crippen molar-refractivity contribution in [2.75, 3.05) is 13.6 Å². The number of carbonyl (C=O) groups is 2. The van der Waals surface area contributed by atoms with E-state index in [-0.39, 0.29) is 12.1 Å². The van der Waals surface area contributed by atoms with Gasteiger partial charge in [0, 0.05) is 32.1 Å². The lowest BCUT2D eigenvalue weighted by molar-refractivity contribution is -0.158. The van der Waals surface area contributed by atoms with Crippen molar-refractivity contribution in [2.24, 2.45) is 34.5 Å². The second-order valence-electron chi connectivity index (χ2n) is 11.3. The van der Waals surface area contributed by atoms with Gasteiger partial charge in [-0.3, -0.25) is 4.79 Å². The predicted molar refractivity (Wildman–Crippen MR) is 115 cm³/mol. The van der Waals surface area contributed by atoms with Crippen molar-refractivity contribution in [3.05, 3.63) is 0 Å². The Kier molecular flexibility index (Phi) is 5.40. The lowest BCUT2D eigenvalue weighted by Crippen LogP contribution is -2.61. The lowest BCUT2D eigenvalue weighted by Gasteiger charge is -2.61. The Balaban J connectivity index is 1.46. The number of nitrogens with one attached hydrogen (secondary N) is 2. The minimum absolute atomic E-state index is 0.0244. The normalized spacial score (nSPS) is 44.1. The molecule has 3 aliphatic carbocycles. The Morgan fingerprint density at radius 1 is 1.07 bits per heavy atom. The highest BCUT2D eigenvalue weighted by molar-refractivity contribution is 5.77. The maximum absolute atomic E-state index is 12.3. The summed E-state index contributed by atoms with van der Waals surface area (Å²) in [5.74, 6) is 3.27. The van der Waals surface area contributed by atoms with E-state index < -0.39 is 0 Å². The summed E-state index contributed by atoms with van der Waals surface area (Å²) in [5, 5.41) is 6.11. The monoisotopic (exact) mass is 403 g/mol. The molecule has 5 heteroatoms. The molecule has 0 aromatic rings. The number of amides is 3. The summed E-state index contributed by atoms with van der Waals surface area (Å²) >= 11 is 0. The van der Waals surface area contributed by atoms with Gasteiger partial charge in [-0.25, -0.2) is 4.79 Å². The van der Waals surface area contributed by atoms with Crippen molar-refractivity contribution in [3.63, 3.8) is 0 Å². The summed E-state index contributed by atoms with van der Waals surface area (Å²) < 4.78 is 0. The van der Waals surface area contributed by atoms with Gasteiger partial charge in [0.2, 0.25) is 5.91 Å². The van der Waals surface area contributed by atoms with E-state index in [1.807, 2.05) is 20.9 Å². The predicted octanol–water partition coefficient (Wildman–Crippen LogP) is 4.17. The molecule has 1 saturated heterocycles. The van der Waals surface area contributed by atoms with Gasteiger partial charge in [-0.05, 0) is 93.3 Å². The minimum atomic E-state index is -0.0244. The third-order valence-corrected chi connectivity index (χ3v) is 9.68.